The Morgan fingerprint density at radius 3 is 2.84 bits per heavy atom. The lowest BCUT2D eigenvalue weighted by Gasteiger charge is -2.16. The van der Waals surface area contributed by atoms with Crippen LogP contribution in [0.4, 0.5) is 10.1 Å². The first-order valence-corrected chi connectivity index (χ1v) is 6.52. The fourth-order valence-corrected chi connectivity index (χ4v) is 1.92. The third-order valence-corrected chi connectivity index (χ3v) is 3.10. The number of halogens is 1. The quantitative estimate of drug-likeness (QED) is 0.763. The van der Waals surface area contributed by atoms with Gasteiger partial charge in [-0.05, 0) is 25.5 Å². The molecule has 3 nitrogen and oxygen atoms in total. The lowest BCUT2D eigenvalue weighted by molar-refractivity contribution is -0.113. The van der Waals surface area contributed by atoms with Crippen LogP contribution in [0.15, 0.2) is 30.0 Å². The number of anilines is 1. The topological polar surface area (TPSA) is 29.5 Å². The highest BCUT2D eigenvalue weighted by Gasteiger charge is 2.21. The molecule has 0 amide bonds. The normalized spacial score (nSPS) is 14.8. The highest BCUT2D eigenvalue weighted by atomic mass is 19.1. The zero-order valence-electron chi connectivity index (χ0n) is 11.3. The van der Waals surface area contributed by atoms with Crippen molar-refractivity contribution in [2.24, 2.45) is 0 Å². The standard InChI is InChI=1S/C15H18FNO2/c1-3-4-7-19-12-5-6-13(16)14(8-12)17-9-11(2)15(18)10-17/h5-6,8-9H,3-4,7,10H2,1-2H3. The first-order valence-electron chi connectivity index (χ1n) is 6.52. The van der Waals surface area contributed by atoms with E-state index in [1.54, 1.807) is 30.2 Å². The molecule has 2 rings (SSSR count). The molecule has 0 fully saturated rings. The number of hydrogen-bond donors (Lipinski definition) is 0. The molecule has 0 radical (unpaired) electrons. The third kappa shape index (κ3) is 3.13. The maximum Gasteiger partial charge on any atom is 0.179 e. The van der Waals surface area contributed by atoms with Gasteiger partial charge in [0.2, 0.25) is 0 Å². The minimum atomic E-state index is -0.346. The molecular formula is C15H18FNO2. The van der Waals surface area contributed by atoms with Crippen LogP contribution in [-0.4, -0.2) is 18.9 Å². The van der Waals surface area contributed by atoms with Gasteiger partial charge < -0.3 is 9.64 Å². The number of ketones is 1. The van der Waals surface area contributed by atoms with E-state index in [0.717, 1.165) is 12.8 Å². The predicted octanol–water partition coefficient (Wildman–Crippen LogP) is 3.30. The summed E-state index contributed by atoms with van der Waals surface area (Å²) in [5, 5.41) is 0. The number of nitrogens with zero attached hydrogens (tertiary/aromatic N) is 1. The summed E-state index contributed by atoms with van der Waals surface area (Å²) in [6.45, 7) is 4.64. The van der Waals surface area contributed by atoms with Crippen molar-refractivity contribution >= 4 is 11.5 Å². The van der Waals surface area contributed by atoms with Crippen molar-refractivity contribution < 1.29 is 13.9 Å². The van der Waals surface area contributed by atoms with Crippen molar-refractivity contribution in [3.8, 4) is 5.75 Å². The summed E-state index contributed by atoms with van der Waals surface area (Å²) in [5.41, 5.74) is 1.04. The summed E-state index contributed by atoms with van der Waals surface area (Å²) in [4.78, 5) is 13.1. The summed E-state index contributed by atoms with van der Waals surface area (Å²) in [6, 6.07) is 4.64. The molecule has 0 saturated heterocycles. The molecule has 1 aromatic rings. The smallest absolute Gasteiger partial charge is 0.179 e. The Labute approximate surface area is 112 Å². The number of unbranched alkanes of at least 4 members (excludes halogenated alkanes) is 1. The average Bonchev–Trinajstić information content (AvgIpc) is 2.72. The number of carbonyl (C=O) groups excluding carboxylic acids is 1. The van der Waals surface area contributed by atoms with Gasteiger partial charge in [0.05, 0.1) is 18.8 Å². The van der Waals surface area contributed by atoms with Crippen LogP contribution >= 0.6 is 0 Å². The number of carbonyl (C=O) groups is 1. The molecule has 0 aromatic heterocycles. The van der Waals surface area contributed by atoms with Crippen LogP contribution in [0.25, 0.3) is 0 Å². The van der Waals surface area contributed by atoms with E-state index in [9.17, 15) is 9.18 Å². The van der Waals surface area contributed by atoms with Crippen LogP contribution in [0.5, 0.6) is 5.75 Å². The molecule has 19 heavy (non-hydrogen) atoms. The van der Waals surface area contributed by atoms with Crippen molar-refractivity contribution in [3.63, 3.8) is 0 Å². The highest BCUT2D eigenvalue weighted by Crippen LogP contribution is 2.28. The number of hydrogen-bond acceptors (Lipinski definition) is 3. The molecule has 0 aliphatic carbocycles. The first kappa shape index (κ1) is 13.6. The van der Waals surface area contributed by atoms with Crippen molar-refractivity contribution in [2.75, 3.05) is 18.1 Å². The average molecular weight is 263 g/mol. The summed E-state index contributed by atoms with van der Waals surface area (Å²) < 4.78 is 19.4. The lowest BCUT2D eigenvalue weighted by Crippen LogP contribution is -2.18. The second-order valence-electron chi connectivity index (χ2n) is 4.68. The van der Waals surface area contributed by atoms with Crippen LogP contribution in [-0.2, 0) is 4.79 Å². The van der Waals surface area contributed by atoms with Crippen LogP contribution in [0, 0.1) is 5.82 Å². The molecule has 0 bridgehead atoms. The minimum absolute atomic E-state index is 0.0247. The summed E-state index contributed by atoms with van der Waals surface area (Å²) in [7, 11) is 0. The lowest BCUT2D eigenvalue weighted by atomic mass is 10.2. The summed E-state index contributed by atoms with van der Waals surface area (Å²) in [6.07, 6.45) is 3.70. The Kier molecular flexibility index (Phi) is 4.20. The number of rotatable bonds is 5. The van der Waals surface area contributed by atoms with Gasteiger partial charge in [-0.25, -0.2) is 4.39 Å². The van der Waals surface area contributed by atoms with Gasteiger partial charge in [-0.15, -0.1) is 0 Å². The van der Waals surface area contributed by atoms with E-state index < -0.39 is 0 Å². The van der Waals surface area contributed by atoms with Crippen molar-refractivity contribution in [3.05, 3.63) is 35.8 Å². The van der Waals surface area contributed by atoms with Crippen molar-refractivity contribution in [1.82, 2.24) is 0 Å². The van der Waals surface area contributed by atoms with Gasteiger partial charge in [-0.3, -0.25) is 4.79 Å². The molecule has 0 atom stereocenters. The monoisotopic (exact) mass is 263 g/mol. The summed E-state index contributed by atoms with van der Waals surface area (Å²) in [5.74, 6) is 0.313. The van der Waals surface area contributed by atoms with E-state index in [1.807, 2.05) is 0 Å². The van der Waals surface area contributed by atoms with E-state index in [2.05, 4.69) is 6.92 Å². The molecule has 102 valence electrons. The predicted molar refractivity (Wildman–Crippen MR) is 72.9 cm³/mol. The van der Waals surface area contributed by atoms with Gasteiger partial charge in [0.1, 0.15) is 11.6 Å². The van der Waals surface area contributed by atoms with E-state index in [-0.39, 0.29) is 18.1 Å². The van der Waals surface area contributed by atoms with Crippen molar-refractivity contribution in [2.45, 2.75) is 26.7 Å². The molecule has 1 aliphatic rings. The molecular weight excluding hydrogens is 245 g/mol. The van der Waals surface area contributed by atoms with Crippen LogP contribution in [0.3, 0.4) is 0 Å². The molecule has 0 N–H and O–H groups in total. The highest BCUT2D eigenvalue weighted by molar-refractivity contribution is 6.01. The second-order valence-corrected chi connectivity index (χ2v) is 4.68. The molecule has 0 spiro atoms. The van der Waals surface area contributed by atoms with Crippen LogP contribution < -0.4 is 9.64 Å². The number of benzene rings is 1. The zero-order chi connectivity index (χ0) is 13.8. The number of ether oxygens (including phenoxy) is 1. The maximum atomic E-state index is 13.8. The largest absolute Gasteiger partial charge is 0.494 e. The van der Waals surface area contributed by atoms with Gasteiger partial charge in [0, 0.05) is 17.8 Å². The molecule has 4 heteroatoms. The first-order chi connectivity index (χ1) is 9.11. The zero-order valence-corrected chi connectivity index (χ0v) is 11.3. The Bertz CT molecular complexity index is 511. The van der Waals surface area contributed by atoms with E-state index >= 15 is 0 Å². The van der Waals surface area contributed by atoms with Gasteiger partial charge in [0.15, 0.2) is 5.78 Å². The van der Waals surface area contributed by atoms with Crippen molar-refractivity contribution in [1.29, 1.82) is 0 Å². The number of Topliss-reactive ketones (excluding diaryl/α,β-unsaturated/α-hetero) is 1. The van der Waals surface area contributed by atoms with Gasteiger partial charge >= 0.3 is 0 Å². The van der Waals surface area contributed by atoms with Gasteiger partial charge in [-0.1, -0.05) is 13.3 Å². The second kappa shape index (κ2) is 5.87. The van der Waals surface area contributed by atoms with E-state index in [0.29, 0.717) is 23.6 Å². The molecule has 1 aliphatic heterocycles. The molecule has 1 aromatic carbocycles. The Morgan fingerprint density at radius 1 is 1.42 bits per heavy atom. The molecule has 0 saturated carbocycles. The SMILES string of the molecule is CCCCOc1ccc(F)c(N2C=C(C)C(=O)C2)c1. The Balaban J connectivity index is 2.16. The molecule has 0 unspecified atom stereocenters. The Morgan fingerprint density at radius 2 is 2.21 bits per heavy atom. The van der Waals surface area contributed by atoms with Gasteiger partial charge in [0.25, 0.3) is 0 Å². The minimum Gasteiger partial charge on any atom is -0.494 e. The Hall–Kier alpha value is -1.84. The maximum absolute atomic E-state index is 13.8. The van der Waals surface area contributed by atoms with Crippen LogP contribution in [0.1, 0.15) is 26.7 Å². The molecule has 1 heterocycles. The summed E-state index contributed by atoms with van der Waals surface area (Å²) >= 11 is 0. The van der Waals surface area contributed by atoms with E-state index in [1.165, 1.54) is 6.07 Å². The van der Waals surface area contributed by atoms with Gasteiger partial charge in [-0.2, -0.15) is 0 Å². The van der Waals surface area contributed by atoms with E-state index in [4.69, 9.17) is 4.74 Å². The van der Waals surface area contributed by atoms with Crippen LogP contribution in [0.2, 0.25) is 0 Å². The fraction of sp³-hybridized carbons (Fsp3) is 0.400. The fourth-order valence-electron chi connectivity index (χ4n) is 1.92. The third-order valence-electron chi connectivity index (χ3n) is 3.10.